The summed E-state index contributed by atoms with van der Waals surface area (Å²) < 4.78 is 1.92. The van der Waals surface area contributed by atoms with Gasteiger partial charge >= 0.3 is 0 Å². The molecule has 4 rings (SSSR count). The van der Waals surface area contributed by atoms with Crippen LogP contribution in [0.5, 0.6) is 0 Å². The first-order chi connectivity index (χ1) is 11.4. The molecular weight excluding hydrogens is 282 g/mol. The van der Waals surface area contributed by atoms with Crippen molar-refractivity contribution in [1.82, 2.24) is 14.8 Å². The van der Waals surface area contributed by atoms with Gasteiger partial charge in [-0.3, -0.25) is 4.98 Å². The summed E-state index contributed by atoms with van der Waals surface area (Å²) in [4.78, 5) is 4.23. The smallest absolute Gasteiger partial charge is 0.102 e. The zero-order chi connectivity index (χ0) is 15.5. The zero-order valence-corrected chi connectivity index (χ0v) is 12.5. The van der Waals surface area contributed by atoms with Gasteiger partial charge in [-0.2, -0.15) is 5.10 Å². The largest absolute Gasteiger partial charge is 0.264 e. The molecule has 110 valence electrons. The minimum Gasteiger partial charge on any atom is -0.264 e. The summed E-state index contributed by atoms with van der Waals surface area (Å²) >= 11 is 0. The van der Waals surface area contributed by atoms with Gasteiger partial charge in [0.2, 0.25) is 0 Å². The van der Waals surface area contributed by atoms with Crippen LogP contribution in [0.25, 0.3) is 28.1 Å². The van der Waals surface area contributed by atoms with Gasteiger partial charge in [0.15, 0.2) is 0 Å². The molecule has 3 nitrogen and oxygen atoms in total. The number of nitrogens with zero attached hydrogens (tertiary/aromatic N) is 3. The number of hydrogen-bond acceptors (Lipinski definition) is 2. The van der Waals surface area contributed by atoms with Gasteiger partial charge in [-0.25, -0.2) is 4.68 Å². The summed E-state index contributed by atoms with van der Waals surface area (Å²) in [6, 6.07) is 24.4. The Labute approximate surface area is 134 Å². The van der Waals surface area contributed by atoms with E-state index in [0.29, 0.717) is 0 Å². The maximum absolute atomic E-state index is 4.80. The van der Waals surface area contributed by atoms with E-state index < -0.39 is 0 Å². The molecule has 0 aliphatic carbocycles. The van der Waals surface area contributed by atoms with Crippen LogP contribution in [-0.4, -0.2) is 14.8 Å². The van der Waals surface area contributed by atoms with Gasteiger partial charge in [0.05, 0.1) is 5.69 Å². The monoisotopic (exact) mass is 297 g/mol. The highest BCUT2D eigenvalue weighted by atomic mass is 15.3. The molecule has 0 saturated heterocycles. The molecular formula is C20H15N3. The van der Waals surface area contributed by atoms with E-state index in [-0.39, 0.29) is 0 Å². The average Bonchev–Trinajstić information content (AvgIpc) is 3.09. The molecule has 2 aromatic heterocycles. The zero-order valence-electron chi connectivity index (χ0n) is 12.5. The van der Waals surface area contributed by atoms with Crippen molar-refractivity contribution in [2.75, 3.05) is 0 Å². The second kappa shape index (κ2) is 5.89. The third-order valence-corrected chi connectivity index (χ3v) is 3.75. The predicted octanol–water partition coefficient (Wildman–Crippen LogP) is 4.60. The van der Waals surface area contributed by atoms with Crippen molar-refractivity contribution in [2.24, 2.45) is 0 Å². The minimum atomic E-state index is 0.938. The van der Waals surface area contributed by atoms with E-state index in [1.807, 2.05) is 59.4 Å². The molecule has 0 spiro atoms. The molecule has 0 saturated carbocycles. The molecule has 23 heavy (non-hydrogen) atoms. The van der Waals surface area contributed by atoms with Gasteiger partial charge in [0, 0.05) is 29.7 Å². The Morgan fingerprint density at radius 3 is 2.09 bits per heavy atom. The Hall–Kier alpha value is -3.20. The Balaban J connectivity index is 1.91. The minimum absolute atomic E-state index is 0.938. The fraction of sp³-hybridized carbons (Fsp3) is 0. The second-order valence-corrected chi connectivity index (χ2v) is 5.28. The van der Waals surface area contributed by atoms with Crippen LogP contribution in [-0.2, 0) is 0 Å². The lowest BCUT2D eigenvalue weighted by Crippen LogP contribution is -1.94. The number of para-hydroxylation sites is 1. The maximum atomic E-state index is 4.80. The lowest BCUT2D eigenvalue weighted by molar-refractivity contribution is 0.884. The number of rotatable bonds is 3. The fourth-order valence-electron chi connectivity index (χ4n) is 2.63. The molecule has 0 aliphatic rings. The predicted molar refractivity (Wildman–Crippen MR) is 92.2 cm³/mol. The first-order valence-electron chi connectivity index (χ1n) is 7.53. The highest BCUT2D eigenvalue weighted by Gasteiger charge is 2.13. The van der Waals surface area contributed by atoms with Gasteiger partial charge < -0.3 is 0 Å². The molecule has 0 radical (unpaired) electrons. The number of pyridine rings is 1. The van der Waals surface area contributed by atoms with Crippen LogP contribution >= 0.6 is 0 Å². The van der Waals surface area contributed by atoms with Crippen LogP contribution in [0.15, 0.2) is 91.4 Å². The molecule has 0 fully saturated rings. The topological polar surface area (TPSA) is 30.7 Å². The van der Waals surface area contributed by atoms with Gasteiger partial charge in [0.25, 0.3) is 0 Å². The van der Waals surface area contributed by atoms with E-state index in [1.165, 1.54) is 0 Å². The van der Waals surface area contributed by atoms with Crippen LogP contribution in [0.2, 0.25) is 0 Å². The first kappa shape index (κ1) is 13.5. The molecule has 3 heteroatoms. The SMILES string of the molecule is c1ccc(-c2cn(-c3ccccc3)nc2-c2cccnc2)cc1. The van der Waals surface area contributed by atoms with E-state index in [0.717, 1.165) is 28.1 Å². The Morgan fingerprint density at radius 2 is 1.39 bits per heavy atom. The summed E-state index contributed by atoms with van der Waals surface area (Å²) in [6.07, 6.45) is 5.71. The number of benzene rings is 2. The Kier molecular flexibility index (Phi) is 3.45. The second-order valence-electron chi connectivity index (χ2n) is 5.28. The van der Waals surface area contributed by atoms with Gasteiger partial charge in [0.1, 0.15) is 5.69 Å². The average molecular weight is 297 g/mol. The number of aromatic nitrogens is 3. The van der Waals surface area contributed by atoms with Gasteiger partial charge in [-0.05, 0) is 29.8 Å². The third kappa shape index (κ3) is 2.64. The van der Waals surface area contributed by atoms with Crippen molar-refractivity contribution in [3.63, 3.8) is 0 Å². The highest BCUT2D eigenvalue weighted by Crippen LogP contribution is 2.31. The van der Waals surface area contributed by atoms with Gasteiger partial charge in [-0.15, -0.1) is 0 Å². The normalized spacial score (nSPS) is 10.6. The van der Waals surface area contributed by atoms with E-state index in [1.54, 1.807) is 6.20 Å². The van der Waals surface area contributed by atoms with E-state index in [4.69, 9.17) is 5.10 Å². The molecule has 0 aliphatic heterocycles. The fourth-order valence-corrected chi connectivity index (χ4v) is 2.63. The molecule has 0 bridgehead atoms. The van der Waals surface area contributed by atoms with Crippen molar-refractivity contribution in [1.29, 1.82) is 0 Å². The molecule has 0 unspecified atom stereocenters. The van der Waals surface area contributed by atoms with Crippen LogP contribution in [0.3, 0.4) is 0 Å². The first-order valence-corrected chi connectivity index (χ1v) is 7.53. The summed E-state index contributed by atoms with van der Waals surface area (Å²) in [6.45, 7) is 0. The quantitative estimate of drug-likeness (QED) is 0.553. The van der Waals surface area contributed by atoms with Crippen LogP contribution in [0.1, 0.15) is 0 Å². The lowest BCUT2D eigenvalue weighted by Gasteiger charge is -2.01. The van der Waals surface area contributed by atoms with Crippen molar-refractivity contribution in [3.05, 3.63) is 91.4 Å². The highest BCUT2D eigenvalue weighted by molar-refractivity contribution is 5.80. The molecule has 0 N–H and O–H groups in total. The van der Waals surface area contributed by atoms with Crippen molar-refractivity contribution < 1.29 is 0 Å². The Bertz CT molecular complexity index is 841. The summed E-state index contributed by atoms with van der Waals surface area (Å²) in [5.74, 6) is 0. The lowest BCUT2D eigenvalue weighted by atomic mass is 10.0. The van der Waals surface area contributed by atoms with Crippen LogP contribution < -0.4 is 0 Å². The van der Waals surface area contributed by atoms with Crippen molar-refractivity contribution >= 4 is 0 Å². The van der Waals surface area contributed by atoms with Crippen LogP contribution in [0, 0.1) is 0 Å². The summed E-state index contributed by atoms with van der Waals surface area (Å²) in [5, 5.41) is 4.80. The van der Waals surface area contributed by atoms with E-state index in [9.17, 15) is 0 Å². The molecule has 2 heterocycles. The Morgan fingerprint density at radius 1 is 0.696 bits per heavy atom. The molecule has 2 aromatic carbocycles. The molecule has 0 amide bonds. The number of hydrogen-bond donors (Lipinski definition) is 0. The molecule has 0 atom stereocenters. The van der Waals surface area contributed by atoms with Gasteiger partial charge in [-0.1, -0.05) is 48.5 Å². The summed E-state index contributed by atoms with van der Waals surface area (Å²) in [7, 11) is 0. The van der Waals surface area contributed by atoms with E-state index in [2.05, 4.69) is 35.4 Å². The van der Waals surface area contributed by atoms with E-state index >= 15 is 0 Å². The summed E-state index contributed by atoms with van der Waals surface area (Å²) in [5.41, 5.74) is 5.24. The van der Waals surface area contributed by atoms with Crippen molar-refractivity contribution in [3.8, 4) is 28.1 Å². The molecule has 4 aromatic rings. The maximum Gasteiger partial charge on any atom is 0.102 e. The third-order valence-electron chi connectivity index (χ3n) is 3.75. The van der Waals surface area contributed by atoms with Crippen LogP contribution in [0.4, 0.5) is 0 Å². The van der Waals surface area contributed by atoms with Crippen molar-refractivity contribution in [2.45, 2.75) is 0 Å². The standard InChI is InChI=1S/C20H15N3/c1-3-8-16(9-4-1)19-15-23(18-11-5-2-6-12-18)22-20(19)17-10-7-13-21-14-17/h1-15H.